The zero-order valence-electron chi connectivity index (χ0n) is 29.4. The second kappa shape index (κ2) is 12.9. The molecule has 0 amide bonds. The molecular formula is C51H42. The highest BCUT2D eigenvalue weighted by Gasteiger charge is 2.35. The average Bonchev–Trinajstić information content (AvgIpc) is 3.94. The van der Waals surface area contributed by atoms with Crippen LogP contribution in [0.25, 0.3) is 55.6 Å². The van der Waals surface area contributed by atoms with E-state index in [1.807, 2.05) is 0 Å². The van der Waals surface area contributed by atoms with Gasteiger partial charge >= 0.3 is 0 Å². The first-order valence-corrected chi connectivity index (χ1v) is 18.4. The van der Waals surface area contributed by atoms with Crippen molar-refractivity contribution in [3.8, 4) is 55.6 Å². The van der Waals surface area contributed by atoms with Gasteiger partial charge in [-0.25, -0.2) is 0 Å². The molecule has 51 heavy (non-hydrogen) atoms. The Morgan fingerprint density at radius 1 is 0.353 bits per heavy atom. The van der Waals surface area contributed by atoms with E-state index in [0.717, 1.165) is 12.8 Å². The van der Waals surface area contributed by atoms with Crippen LogP contribution >= 0.6 is 0 Å². The van der Waals surface area contributed by atoms with Crippen molar-refractivity contribution in [2.75, 3.05) is 0 Å². The smallest absolute Gasteiger partial charge is 0.0159 e. The molecular weight excluding hydrogens is 613 g/mol. The highest BCUT2D eigenvalue weighted by atomic mass is 14.4. The molecule has 0 heterocycles. The number of benzene rings is 6. The quantitative estimate of drug-likeness (QED) is 0.153. The molecule has 0 N–H and O–H groups in total. The molecule has 6 aromatic rings. The summed E-state index contributed by atoms with van der Waals surface area (Å²) in [6.07, 6.45) is 19.8. The predicted octanol–water partition coefficient (Wildman–Crippen LogP) is 13.2. The van der Waals surface area contributed by atoms with E-state index in [4.69, 9.17) is 0 Å². The van der Waals surface area contributed by atoms with Gasteiger partial charge in [-0.2, -0.15) is 0 Å². The zero-order valence-corrected chi connectivity index (χ0v) is 29.4. The molecule has 3 aliphatic carbocycles. The van der Waals surface area contributed by atoms with Gasteiger partial charge in [0.1, 0.15) is 0 Å². The summed E-state index contributed by atoms with van der Waals surface area (Å²) >= 11 is 0. The molecule has 0 spiro atoms. The molecule has 0 aromatic heterocycles. The van der Waals surface area contributed by atoms with E-state index in [1.165, 1.54) is 77.9 Å². The summed E-state index contributed by atoms with van der Waals surface area (Å²) in [5, 5.41) is 0. The molecule has 0 nitrogen and oxygen atoms in total. The summed E-state index contributed by atoms with van der Waals surface area (Å²) in [6.45, 7) is 4.76. The lowest BCUT2D eigenvalue weighted by molar-refractivity contribution is 0.661. The van der Waals surface area contributed by atoms with Crippen molar-refractivity contribution < 1.29 is 0 Å². The van der Waals surface area contributed by atoms with Gasteiger partial charge in [0.15, 0.2) is 0 Å². The van der Waals surface area contributed by atoms with Crippen LogP contribution in [0.5, 0.6) is 0 Å². The van der Waals surface area contributed by atoms with Crippen LogP contribution in [0.4, 0.5) is 0 Å². The van der Waals surface area contributed by atoms with Gasteiger partial charge in [-0.3, -0.25) is 0 Å². The molecule has 3 aliphatic rings. The SMILES string of the molecule is CC1(C)c2cc(-c3ccc(-c4ccc(CC5C=CC=C5)cc4)cc3)ccc2-c2ccc(-c3ccc(-c4ccc(CC5C=CC=C5)cc4)cc3)cc21. The first-order chi connectivity index (χ1) is 25.0. The van der Waals surface area contributed by atoms with E-state index in [-0.39, 0.29) is 5.41 Å². The van der Waals surface area contributed by atoms with E-state index in [0.29, 0.717) is 11.8 Å². The van der Waals surface area contributed by atoms with Crippen LogP contribution in [0.2, 0.25) is 0 Å². The third-order valence-corrected chi connectivity index (χ3v) is 11.3. The lowest BCUT2D eigenvalue weighted by Gasteiger charge is -2.22. The molecule has 0 atom stereocenters. The van der Waals surface area contributed by atoms with Gasteiger partial charge in [-0.05, 0) is 115 Å². The summed E-state index contributed by atoms with van der Waals surface area (Å²) in [7, 11) is 0. The number of fused-ring (bicyclic) bond motifs is 3. The summed E-state index contributed by atoms with van der Waals surface area (Å²) in [6, 6.07) is 50.4. The molecule has 246 valence electrons. The molecule has 0 radical (unpaired) electrons. The first kappa shape index (κ1) is 31.3. The lowest BCUT2D eigenvalue weighted by Crippen LogP contribution is -2.15. The molecule has 0 saturated heterocycles. The topological polar surface area (TPSA) is 0 Å². The summed E-state index contributed by atoms with van der Waals surface area (Å²) in [5.74, 6) is 1.05. The van der Waals surface area contributed by atoms with Crippen LogP contribution in [0.3, 0.4) is 0 Å². The fourth-order valence-electron chi connectivity index (χ4n) is 8.25. The number of allylic oxidation sites excluding steroid dienone is 8. The Morgan fingerprint density at radius 2 is 0.627 bits per heavy atom. The molecule has 9 rings (SSSR count). The predicted molar refractivity (Wildman–Crippen MR) is 217 cm³/mol. The van der Waals surface area contributed by atoms with Crippen LogP contribution in [-0.4, -0.2) is 0 Å². The van der Waals surface area contributed by atoms with E-state index < -0.39 is 0 Å². The molecule has 0 heteroatoms. The molecule has 0 fully saturated rings. The lowest BCUT2D eigenvalue weighted by atomic mass is 9.80. The Labute approximate surface area is 302 Å². The van der Waals surface area contributed by atoms with Crippen molar-refractivity contribution in [1.29, 1.82) is 0 Å². The molecule has 0 saturated carbocycles. The number of rotatable bonds is 8. The minimum Gasteiger partial charge on any atom is -0.0773 e. The fraction of sp³-hybridized carbons (Fsp3) is 0.137. The highest BCUT2D eigenvalue weighted by molar-refractivity contribution is 5.86. The van der Waals surface area contributed by atoms with E-state index in [2.05, 4.69) is 196 Å². The largest absolute Gasteiger partial charge is 0.0773 e. The van der Waals surface area contributed by atoms with Gasteiger partial charge in [0, 0.05) is 5.41 Å². The van der Waals surface area contributed by atoms with Gasteiger partial charge in [-0.15, -0.1) is 0 Å². The van der Waals surface area contributed by atoms with Gasteiger partial charge in [0.2, 0.25) is 0 Å². The van der Waals surface area contributed by atoms with Gasteiger partial charge in [-0.1, -0.05) is 184 Å². The first-order valence-electron chi connectivity index (χ1n) is 18.4. The van der Waals surface area contributed by atoms with Crippen LogP contribution in [0.15, 0.2) is 182 Å². The van der Waals surface area contributed by atoms with E-state index in [1.54, 1.807) is 0 Å². The van der Waals surface area contributed by atoms with Crippen molar-refractivity contribution in [2.24, 2.45) is 11.8 Å². The Hall–Kier alpha value is -5.72. The van der Waals surface area contributed by atoms with Crippen molar-refractivity contribution in [3.05, 3.63) is 204 Å². The van der Waals surface area contributed by atoms with Crippen LogP contribution in [0.1, 0.15) is 36.1 Å². The van der Waals surface area contributed by atoms with Crippen molar-refractivity contribution in [1.82, 2.24) is 0 Å². The molecule has 0 aliphatic heterocycles. The van der Waals surface area contributed by atoms with Crippen LogP contribution in [0, 0.1) is 11.8 Å². The highest BCUT2D eigenvalue weighted by Crippen LogP contribution is 2.50. The van der Waals surface area contributed by atoms with Crippen LogP contribution < -0.4 is 0 Å². The molecule has 6 aromatic carbocycles. The third-order valence-electron chi connectivity index (χ3n) is 11.3. The number of hydrogen-bond acceptors (Lipinski definition) is 0. The molecule has 0 unspecified atom stereocenters. The second-order valence-corrected chi connectivity index (χ2v) is 15.0. The monoisotopic (exact) mass is 654 g/mol. The minimum absolute atomic E-state index is 0.0891. The molecule has 0 bridgehead atoms. The van der Waals surface area contributed by atoms with E-state index in [9.17, 15) is 0 Å². The van der Waals surface area contributed by atoms with Gasteiger partial charge < -0.3 is 0 Å². The second-order valence-electron chi connectivity index (χ2n) is 15.0. The average molecular weight is 655 g/mol. The van der Waals surface area contributed by atoms with Gasteiger partial charge in [0.25, 0.3) is 0 Å². The number of hydrogen-bond donors (Lipinski definition) is 0. The normalized spacial score (nSPS) is 15.5. The Balaban J connectivity index is 0.914. The minimum atomic E-state index is -0.0891. The Bertz CT molecular complexity index is 2150. The summed E-state index contributed by atoms with van der Waals surface area (Å²) in [5.41, 5.74) is 18.3. The zero-order chi connectivity index (χ0) is 34.4. The maximum atomic E-state index is 2.42. The van der Waals surface area contributed by atoms with Crippen LogP contribution in [-0.2, 0) is 18.3 Å². The summed E-state index contributed by atoms with van der Waals surface area (Å²) < 4.78 is 0. The van der Waals surface area contributed by atoms with Gasteiger partial charge in [0.05, 0.1) is 0 Å². The maximum absolute atomic E-state index is 2.42. The fourth-order valence-corrected chi connectivity index (χ4v) is 8.25. The standard InChI is InChI=1S/C51H42/c1-51(2)49-33-45(43-23-19-41(20-24-43)39-15-11-37(12-16-39)31-35-7-3-4-8-35)27-29-47(49)48-30-28-46(34-50(48)51)44-25-21-42(22-26-44)40-17-13-38(14-18-40)32-36-9-5-6-10-36/h3-30,33-36H,31-32H2,1-2H3. The van der Waals surface area contributed by atoms with Crippen molar-refractivity contribution in [3.63, 3.8) is 0 Å². The van der Waals surface area contributed by atoms with E-state index >= 15 is 0 Å². The van der Waals surface area contributed by atoms with Crippen molar-refractivity contribution >= 4 is 0 Å². The summed E-state index contributed by atoms with van der Waals surface area (Å²) in [4.78, 5) is 0. The Morgan fingerprint density at radius 3 is 0.961 bits per heavy atom. The third kappa shape index (κ3) is 6.06. The maximum Gasteiger partial charge on any atom is 0.0159 e. The van der Waals surface area contributed by atoms with Crippen molar-refractivity contribution in [2.45, 2.75) is 32.1 Å². The Kier molecular flexibility index (Phi) is 7.89.